The maximum absolute atomic E-state index is 12.9. The summed E-state index contributed by atoms with van der Waals surface area (Å²) in [5.74, 6) is 0.115. The number of carbonyl (C=O) groups excluding carboxylic acids is 2. The van der Waals surface area contributed by atoms with Crippen LogP contribution in [0.2, 0.25) is 0 Å². The molecule has 1 N–H and O–H groups in total. The Balaban J connectivity index is 1.63. The van der Waals surface area contributed by atoms with Crippen molar-refractivity contribution < 1.29 is 33.3 Å². The SMILES string of the molecule is COc1ccc(C(OC[C@H]2S[C@@H](n3ccc(=O)[nH]c3=O)[C@H](OC(C)=O)[C@@H]2OC(C)=O)(c2ccccc2)c2ccc(OC)cc2)cc1. The van der Waals surface area contributed by atoms with Gasteiger partial charge in [-0.1, -0.05) is 54.6 Å². The van der Waals surface area contributed by atoms with Crippen LogP contribution in [0.5, 0.6) is 11.5 Å². The second kappa shape index (κ2) is 14.1. The second-order valence-electron chi connectivity index (χ2n) is 10.5. The smallest absolute Gasteiger partial charge is 0.329 e. The third-order valence-corrected chi connectivity index (χ3v) is 9.18. The van der Waals surface area contributed by atoms with E-state index in [0.29, 0.717) is 11.5 Å². The molecule has 240 valence electrons. The van der Waals surface area contributed by atoms with E-state index in [4.69, 9.17) is 23.7 Å². The Kier molecular flexibility index (Phi) is 9.98. The van der Waals surface area contributed by atoms with Gasteiger partial charge in [-0.05, 0) is 41.0 Å². The van der Waals surface area contributed by atoms with E-state index < -0.39 is 51.6 Å². The van der Waals surface area contributed by atoms with Crippen LogP contribution in [-0.4, -0.2) is 59.8 Å². The lowest BCUT2D eigenvalue weighted by Gasteiger charge is -2.37. The van der Waals surface area contributed by atoms with Crippen molar-refractivity contribution in [3.63, 3.8) is 0 Å². The standard InChI is InChI=1S/C34H34N2O9S/c1-21(37)44-30-28(46-32(31(30)45-22(2)38)36-19-18-29(39)35-33(36)40)20-43-34(23-8-6-5-7-9-23,24-10-14-26(41-3)15-11-24)25-12-16-27(42-4)17-13-25/h5-19,28,30-32H,20H2,1-4H3,(H,35,39,40)/t28-,30-,31-,32-/m1/s1. The van der Waals surface area contributed by atoms with Gasteiger partial charge < -0.3 is 23.7 Å². The molecule has 1 fully saturated rings. The summed E-state index contributed by atoms with van der Waals surface area (Å²) in [6, 6.07) is 26.0. The van der Waals surface area contributed by atoms with E-state index in [1.807, 2.05) is 78.9 Å². The van der Waals surface area contributed by atoms with Crippen molar-refractivity contribution >= 4 is 23.7 Å². The number of aromatic amines is 1. The van der Waals surface area contributed by atoms with Gasteiger partial charge in [0, 0.05) is 26.1 Å². The van der Waals surface area contributed by atoms with E-state index >= 15 is 0 Å². The molecule has 3 aromatic carbocycles. The van der Waals surface area contributed by atoms with Crippen LogP contribution >= 0.6 is 11.8 Å². The van der Waals surface area contributed by atoms with Gasteiger partial charge in [0.2, 0.25) is 0 Å². The van der Waals surface area contributed by atoms with Crippen molar-refractivity contribution in [1.29, 1.82) is 0 Å². The molecular formula is C34H34N2O9S. The first-order valence-corrected chi connectivity index (χ1v) is 15.4. The Morgan fingerprint density at radius 2 is 1.28 bits per heavy atom. The highest BCUT2D eigenvalue weighted by Gasteiger charge is 2.51. The number of hydrogen-bond donors (Lipinski definition) is 1. The van der Waals surface area contributed by atoms with Crippen molar-refractivity contribution in [3.8, 4) is 11.5 Å². The Hall–Kier alpha value is -4.81. The first-order chi connectivity index (χ1) is 22.2. The molecule has 11 nitrogen and oxygen atoms in total. The predicted molar refractivity (Wildman–Crippen MR) is 171 cm³/mol. The summed E-state index contributed by atoms with van der Waals surface area (Å²) in [5.41, 5.74) is -0.0346. The topological polar surface area (TPSA) is 135 Å². The van der Waals surface area contributed by atoms with Gasteiger partial charge in [-0.3, -0.25) is 23.9 Å². The maximum Gasteiger partial charge on any atom is 0.329 e. The number of methoxy groups -OCH3 is 2. The minimum absolute atomic E-state index is 0.0120. The molecule has 0 unspecified atom stereocenters. The first-order valence-electron chi connectivity index (χ1n) is 14.5. The molecule has 1 aromatic heterocycles. The van der Waals surface area contributed by atoms with Crippen molar-refractivity contribution in [2.75, 3.05) is 20.8 Å². The van der Waals surface area contributed by atoms with Crippen LogP contribution in [0.25, 0.3) is 0 Å². The summed E-state index contributed by atoms with van der Waals surface area (Å²) < 4.78 is 30.6. The molecule has 0 spiro atoms. The minimum atomic E-state index is -1.18. The van der Waals surface area contributed by atoms with Crippen molar-refractivity contribution in [3.05, 3.63) is 129 Å². The molecule has 1 aliphatic rings. The number of hydrogen-bond acceptors (Lipinski definition) is 10. The van der Waals surface area contributed by atoms with Gasteiger partial charge >= 0.3 is 17.6 Å². The van der Waals surface area contributed by atoms with Crippen molar-refractivity contribution in [2.24, 2.45) is 0 Å². The minimum Gasteiger partial charge on any atom is -0.497 e. The fourth-order valence-corrected chi connectivity index (χ4v) is 7.16. The van der Waals surface area contributed by atoms with Crippen LogP contribution < -0.4 is 20.7 Å². The Bertz CT molecular complexity index is 1720. The van der Waals surface area contributed by atoms with E-state index in [1.165, 1.54) is 42.4 Å². The Morgan fingerprint density at radius 1 is 0.761 bits per heavy atom. The predicted octanol–water partition coefficient (Wildman–Crippen LogP) is 4.04. The van der Waals surface area contributed by atoms with E-state index in [-0.39, 0.29) is 6.61 Å². The zero-order valence-electron chi connectivity index (χ0n) is 25.7. The highest BCUT2D eigenvalue weighted by atomic mass is 32.2. The quantitative estimate of drug-likeness (QED) is 0.188. The van der Waals surface area contributed by atoms with Gasteiger partial charge in [-0.15, -0.1) is 11.8 Å². The lowest BCUT2D eigenvalue weighted by molar-refractivity contribution is -0.166. The lowest BCUT2D eigenvalue weighted by Crippen LogP contribution is -2.43. The maximum atomic E-state index is 12.9. The van der Waals surface area contributed by atoms with Gasteiger partial charge in [-0.25, -0.2) is 4.79 Å². The van der Waals surface area contributed by atoms with Crippen molar-refractivity contribution in [2.45, 2.75) is 42.3 Å². The average molecular weight is 647 g/mol. The summed E-state index contributed by atoms with van der Waals surface area (Å²) in [7, 11) is 3.19. The largest absolute Gasteiger partial charge is 0.497 e. The number of nitrogens with one attached hydrogen (secondary N) is 1. The van der Waals surface area contributed by atoms with Gasteiger partial charge in [0.15, 0.2) is 12.2 Å². The number of esters is 2. The summed E-state index contributed by atoms with van der Waals surface area (Å²) in [5, 5.41) is -1.45. The number of nitrogens with zero attached hydrogens (tertiary/aromatic N) is 1. The molecule has 1 saturated heterocycles. The van der Waals surface area contributed by atoms with Crippen molar-refractivity contribution in [1.82, 2.24) is 9.55 Å². The van der Waals surface area contributed by atoms with E-state index in [9.17, 15) is 19.2 Å². The molecule has 2 heterocycles. The zero-order chi connectivity index (χ0) is 32.8. The van der Waals surface area contributed by atoms with Crippen LogP contribution in [-0.2, 0) is 29.4 Å². The molecule has 46 heavy (non-hydrogen) atoms. The first kappa shape index (κ1) is 32.6. The average Bonchev–Trinajstić information content (AvgIpc) is 3.37. The molecule has 4 aromatic rings. The fourth-order valence-electron chi connectivity index (χ4n) is 5.63. The van der Waals surface area contributed by atoms with Gasteiger partial charge in [0.1, 0.15) is 22.5 Å². The second-order valence-corrected chi connectivity index (χ2v) is 11.9. The van der Waals surface area contributed by atoms with Crippen LogP contribution in [0, 0.1) is 0 Å². The van der Waals surface area contributed by atoms with E-state index in [1.54, 1.807) is 14.2 Å². The number of thioether (sulfide) groups is 1. The highest BCUT2D eigenvalue weighted by Crippen LogP contribution is 2.47. The third-order valence-electron chi connectivity index (χ3n) is 7.65. The number of carbonyl (C=O) groups is 2. The normalized spacial score (nSPS) is 19.3. The summed E-state index contributed by atoms with van der Waals surface area (Å²) >= 11 is 1.24. The number of H-pyrrole nitrogens is 1. The monoisotopic (exact) mass is 646 g/mol. The van der Waals surface area contributed by atoms with Crippen LogP contribution in [0.3, 0.4) is 0 Å². The fraction of sp³-hybridized carbons (Fsp3) is 0.294. The molecule has 1 aliphatic heterocycles. The number of benzene rings is 3. The highest BCUT2D eigenvalue weighted by molar-refractivity contribution is 8.00. The molecule has 0 radical (unpaired) electrons. The Morgan fingerprint density at radius 3 is 1.78 bits per heavy atom. The zero-order valence-corrected chi connectivity index (χ0v) is 26.5. The van der Waals surface area contributed by atoms with E-state index in [2.05, 4.69) is 4.98 Å². The summed E-state index contributed by atoms with van der Waals surface area (Å²) in [6.07, 6.45) is -0.723. The van der Waals surface area contributed by atoms with Gasteiger partial charge in [0.05, 0.1) is 26.1 Å². The third kappa shape index (κ3) is 6.73. The molecule has 0 saturated carbocycles. The van der Waals surface area contributed by atoms with Crippen LogP contribution in [0.15, 0.2) is 101 Å². The Labute approximate surface area is 269 Å². The molecule has 0 bridgehead atoms. The number of aromatic nitrogens is 2. The molecule has 4 atom stereocenters. The summed E-state index contributed by atoms with van der Waals surface area (Å²) in [4.78, 5) is 51.6. The molecular weight excluding hydrogens is 612 g/mol. The molecule has 0 amide bonds. The molecule has 12 heteroatoms. The number of ether oxygens (including phenoxy) is 5. The molecule has 0 aliphatic carbocycles. The van der Waals surface area contributed by atoms with E-state index in [0.717, 1.165) is 16.7 Å². The lowest BCUT2D eigenvalue weighted by atomic mass is 9.80. The van der Waals surface area contributed by atoms with Gasteiger partial charge in [0.25, 0.3) is 5.56 Å². The van der Waals surface area contributed by atoms with Gasteiger partial charge in [-0.2, -0.15) is 0 Å². The molecule has 5 rings (SSSR count). The van der Waals surface area contributed by atoms with Crippen LogP contribution in [0.1, 0.15) is 35.9 Å². The summed E-state index contributed by atoms with van der Waals surface area (Å²) in [6.45, 7) is 2.48. The number of rotatable bonds is 11. The van der Waals surface area contributed by atoms with Crippen LogP contribution in [0.4, 0.5) is 0 Å².